The molecule has 0 aliphatic carbocycles. The molecule has 1 fully saturated rings. The van der Waals surface area contributed by atoms with Gasteiger partial charge in [-0.25, -0.2) is 8.42 Å². The van der Waals surface area contributed by atoms with Gasteiger partial charge in [-0.15, -0.1) is 0 Å². The first-order valence-corrected chi connectivity index (χ1v) is 13.4. The topological polar surface area (TPSA) is 40.6 Å². The van der Waals surface area contributed by atoms with Crippen molar-refractivity contribution in [3.63, 3.8) is 0 Å². The highest BCUT2D eigenvalue weighted by atomic mass is 35.5. The van der Waals surface area contributed by atoms with Gasteiger partial charge < -0.3 is 4.90 Å². The van der Waals surface area contributed by atoms with Crippen LogP contribution in [-0.2, 0) is 10.0 Å². The van der Waals surface area contributed by atoms with Gasteiger partial charge in [-0.3, -0.25) is 0 Å². The highest BCUT2D eigenvalue weighted by Gasteiger charge is 2.37. The first-order valence-electron chi connectivity index (χ1n) is 9.70. The maximum Gasteiger partial charge on any atom is 0.244 e. The summed E-state index contributed by atoms with van der Waals surface area (Å²) in [7, 11) is -3.95. The number of hydrogen-bond donors (Lipinski definition) is 0. The van der Waals surface area contributed by atoms with Gasteiger partial charge >= 0.3 is 0 Å². The van der Waals surface area contributed by atoms with Gasteiger partial charge in [0.2, 0.25) is 10.0 Å². The summed E-state index contributed by atoms with van der Waals surface area (Å²) in [5.41, 5.74) is 1.64. The van der Waals surface area contributed by atoms with Crippen LogP contribution < -0.4 is 4.90 Å². The molecule has 0 bridgehead atoms. The van der Waals surface area contributed by atoms with Crippen LogP contribution in [0.25, 0.3) is 0 Å². The Bertz CT molecular complexity index is 1300. The summed E-state index contributed by atoms with van der Waals surface area (Å²) in [6.07, 6.45) is 0. The zero-order valence-corrected chi connectivity index (χ0v) is 22.1. The molecular weight excluding hydrogens is 569 g/mol. The lowest BCUT2D eigenvalue weighted by atomic mass is 10.0. The van der Waals surface area contributed by atoms with Gasteiger partial charge in [0.15, 0.2) is 0 Å². The highest BCUT2D eigenvalue weighted by molar-refractivity contribution is 7.89. The Morgan fingerprint density at radius 1 is 0.727 bits per heavy atom. The van der Waals surface area contributed by atoms with Crippen molar-refractivity contribution in [1.82, 2.24) is 4.31 Å². The van der Waals surface area contributed by atoms with Gasteiger partial charge in [0.25, 0.3) is 0 Å². The Kier molecular flexibility index (Phi) is 7.64. The van der Waals surface area contributed by atoms with Gasteiger partial charge in [0.05, 0.1) is 31.8 Å². The molecule has 1 unspecified atom stereocenters. The second-order valence-corrected chi connectivity index (χ2v) is 11.7. The molecular formula is C22H16Cl6N2O2S. The molecule has 3 aromatic carbocycles. The molecule has 1 aliphatic rings. The minimum absolute atomic E-state index is 0.000224. The molecule has 1 atom stereocenters. The normalized spacial score (nSPS) is 17.4. The highest BCUT2D eigenvalue weighted by Crippen LogP contribution is 2.40. The molecule has 0 aromatic heterocycles. The Morgan fingerprint density at radius 2 is 1.39 bits per heavy atom. The van der Waals surface area contributed by atoms with Gasteiger partial charge in [0, 0.05) is 29.7 Å². The van der Waals surface area contributed by atoms with Gasteiger partial charge in [-0.05, 0) is 48.0 Å². The van der Waals surface area contributed by atoms with Crippen LogP contribution in [0.3, 0.4) is 0 Å². The third-order valence-corrected chi connectivity index (χ3v) is 9.54. The van der Waals surface area contributed by atoms with E-state index in [0.29, 0.717) is 21.6 Å². The van der Waals surface area contributed by atoms with Gasteiger partial charge in [0.1, 0.15) is 4.90 Å². The fourth-order valence-electron chi connectivity index (χ4n) is 3.80. The lowest BCUT2D eigenvalue weighted by Crippen LogP contribution is -2.50. The molecule has 33 heavy (non-hydrogen) atoms. The average Bonchev–Trinajstić information content (AvgIpc) is 2.78. The predicted octanol–water partition coefficient (Wildman–Crippen LogP) is 7.86. The minimum atomic E-state index is -3.95. The molecule has 0 radical (unpaired) electrons. The summed E-state index contributed by atoms with van der Waals surface area (Å²) in [5.74, 6) is 0. The lowest BCUT2D eigenvalue weighted by molar-refractivity contribution is 0.335. The Morgan fingerprint density at radius 3 is 2.06 bits per heavy atom. The van der Waals surface area contributed by atoms with E-state index in [4.69, 9.17) is 69.6 Å². The summed E-state index contributed by atoms with van der Waals surface area (Å²) in [5, 5.41) is 1.66. The number of halogens is 6. The average molecular weight is 585 g/mol. The van der Waals surface area contributed by atoms with Crippen molar-refractivity contribution in [3.05, 3.63) is 90.3 Å². The van der Waals surface area contributed by atoms with Crippen LogP contribution >= 0.6 is 69.6 Å². The molecule has 4 rings (SSSR count). The maximum absolute atomic E-state index is 13.5. The first kappa shape index (κ1) is 25.2. The smallest absolute Gasteiger partial charge is 0.244 e. The molecule has 1 aliphatic heterocycles. The SMILES string of the molecule is O=S(=O)(c1ccc(Cl)c(Cl)c1Cl)N1CCN(c2ccc(Cl)cc2Cl)C(c2ccc(Cl)cc2)C1. The second-order valence-electron chi connectivity index (χ2n) is 7.39. The monoisotopic (exact) mass is 582 g/mol. The molecule has 1 saturated heterocycles. The minimum Gasteiger partial charge on any atom is -0.361 e. The largest absolute Gasteiger partial charge is 0.361 e. The van der Waals surface area contributed by atoms with Crippen LogP contribution in [0.5, 0.6) is 0 Å². The van der Waals surface area contributed by atoms with Crippen molar-refractivity contribution >= 4 is 85.3 Å². The molecule has 0 amide bonds. The zero-order chi connectivity index (χ0) is 23.9. The third-order valence-electron chi connectivity index (χ3n) is 5.43. The number of hydrogen-bond acceptors (Lipinski definition) is 3. The number of rotatable bonds is 4. The van der Waals surface area contributed by atoms with E-state index >= 15 is 0 Å². The van der Waals surface area contributed by atoms with E-state index in [1.165, 1.54) is 16.4 Å². The molecule has 0 N–H and O–H groups in total. The number of nitrogens with zero attached hydrogens (tertiary/aromatic N) is 2. The standard InChI is InChI=1S/C22H16Cl6N2O2S/c23-14-3-1-13(2-4-14)19-12-29(9-10-30(19)18-7-5-15(24)11-17(18)26)33(31,32)20-8-6-16(25)21(27)22(20)28/h1-8,11,19H,9-10,12H2. The van der Waals surface area contributed by atoms with Crippen LogP contribution in [0.2, 0.25) is 30.1 Å². The van der Waals surface area contributed by atoms with Crippen molar-refractivity contribution in [2.45, 2.75) is 10.9 Å². The van der Waals surface area contributed by atoms with Crippen LogP contribution in [0.1, 0.15) is 11.6 Å². The van der Waals surface area contributed by atoms with Crippen LogP contribution in [0.4, 0.5) is 5.69 Å². The molecule has 11 heteroatoms. The summed E-state index contributed by atoms with van der Waals surface area (Å²) in [4.78, 5) is 1.97. The van der Waals surface area contributed by atoms with E-state index in [-0.39, 0.29) is 39.1 Å². The summed E-state index contributed by atoms with van der Waals surface area (Å²) in [6, 6.07) is 15.0. The Hall–Kier alpha value is -0.890. The summed E-state index contributed by atoms with van der Waals surface area (Å²) < 4.78 is 28.4. The second kappa shape index (κ2) is 10.00. The zero-order valence-electron chi connectivity index (χ0n) is 16.8. The van der Waals surface area contributed by atoms with E-state index in [9.17, 15) is 8.42 Å². The number of piperazine rings is 1. The van der Waals surface area contributed by atoms with E-state index in [1.807, 2.05) is 18.2 Å². The maximum atomic E-state index is 13.5. The molecule has 174 valence electrons. The number of benzene rings is 3. The lowest BCUT2D eigenvalue weighted by Gasteiger charge is -2.42. The van der Waals surface area contributed by atoms with E-state index in [1.54, 1.807) is 24.3 Å². The fourth-order valence-corrected chi connectivity index (χ4v) is 6.83. The number of sulfonamides is 1. The Labute approximate surface area is 222 Å². The summed E-state index contributed by atoms with van der Waals surface area (Å²) in [6.45, 7) is 0.744. The van der Waals surface area contributed by atoms with Crippen molar-refractivity contribution in [1.29, 1.82) is 0 Å². The molecule has 0 spiro atoms. The van der Waals surface area contributed by atoms with Gasteiger partial charge in [-0.2, -0.15) is 4.31 Å². The predicted molar refractivity (Wildman–Crippen MR) is 138 cm³/mol. The van der Waals surface area contributed by atoms with E-state index < -0.39 is 10.0 Å². The van der Waals surface area contributed by atoms with Crippen molar-refractivity contribution in [2.75, 3.05) is 24.5 Å². The van der Waals surface area contributed by atoms with Crippen LogP contribution in [0.15, 0.2) is 59.5 Å². The van der Waals surface area contributed by atoms with E-state index in [0.717, 1.165) is 11.3 Å². The summed E-state index contributed by atoms with van der Waals surface area (Å²) >= 11 is 37.0. The van der Waals surface area contributed by atoms with Crippen LogP contribution in [-0.4, -0.2) is 32.4 Å². The molecule has 3 aromatic rings. The molecule has 0 saturated carbocycles. The van der Waals surface area contributed by atoms with Crippen LogP contribution in [0, 0.1) is 0 Å². The van der Waals surface area contributed by atoms with Crippen molar-refractivity contribution < 1.29 is 8.42 Å². The first-order chi connectivity index (χ1) is 15.6. The van der Waals surface area contributed by atoms with Crippen molar-refractivity contribution in [3.8, 4) is 0 Å². The quantitative estimate of drug-likeness (QED) is 0.293. The van der Waals surface area contributed by atoms with Gasteiger partial charge in [-0.1, -0.05) is 81.7 Å². The fraction of sp³-hybridized carbons (Fsp3) is 0.182. The number of anilines is 1. The third kappa shape index (κ3) is 5.07. The molecule has 1 heterocycles. The van der Waals surface area contributed by atoms with Crippen molar-refractivity contribution in [2.24, 2.45) is 0 Å². The van der Waals surface area contributed by atoms with E-state index in [2.05, 4.69) is 4.90 Å². The molecule has 4 nitrogen and oxygen atoms in total. The Balaban J connectivity index is 1.75.